The molecule has 34 heavy (non-hydrogen) atoms. The number of rotatable bonds is 7. The van der Waals surface area contributed by atoms with Crippen molar-refractivity contribution >= 4 is 50.9 Å². The van der Waals surface area contributed by atoms with Crippen molar-refractivity contribution in [2.75, 3.05) is 17.7 Å². The van der Waals surface area contributed by atoms with Crippen LogP contribution in [0.3, 0.4) is 0 Å². The zero-order valence-corrected chi connectivity index (χ0v) is 20.0. The van der Waals surface area contributed by atoms with Gasteiger partial charge < -0.3 is 10.1 Å². The number of thioether (sulfide) groups is 1. The molecule has 1 amide bonds. The number of hydrogen-bond acceptors (Lipinski definition) is 7. The molecule has 1 N–H and O–H groups in total. The average molecular weight is 498 g/mol. The Kier molecular flexibility index (Phi) is 7.09. The summed E-state index contributed by atoms with van der Waals surface area (Å²) in [4.78, 5) is 42.8. The molecule has 4 aromatic rings. The van der Waals surface area contributed by atoms with E-state index >= 15 is 0 Å². The first-order chi connectivity index (χ1) is 16.4. The summed E-state index contributed by atoms with van der Waals surface area (Å²) in [6, 6.07) is 14.4. The summed E-state index contributed by atoms with van der Waals surface area (Å²) in [5, 5.41) is 3.80. The molecule has 0 bridgehead atoms. The van der Waals surface area contributed by atoms with Gasteiger partial charge in [0, 0.05) is 0 Å². The smallest absolute Gasteiger partial charge is 0.348 e. The topological polar surface area (TPSA) is 90.3 Å². The van der Waals surface area contributed by atoms with Gasteiger partial charge in [-0.2, -0.15) is 0 Å². The molecule has 174 valence electrons. The third-order valence-corrected chi connectivity index (χ3v) is 6.88. The van der Waals surface area contributed by atoms with E-state index in [4.69, 9.17) is 4.74 Å². The molecule has 0 saturated carbocycles. The normalized spacial score (nSPS) is 10.9. The summed E-state index contributed by atoms with van der Waals surface area (Å²) in [7, 11) is 0. The Balaban J connectivity index is 1.60. The highest BCUT2D eigenvalue weighted by atomic mass is 32.2. The Morgan fingerprint density at radius 2 is 1.91 bits per heavy atom. The first-order valence-electron chi connectivity index (χ1n) is 10.4. The van der Waals surface area contributed by atoms with Gasteiger partial charge in [0.1, 0.15) is 10.7 Å². The molecular formula is C24H20FN3O4S2. The van der Waals surface area contributed by atoms with Gasteiger partial charge in [-0.15, -0.1) is 11.3 Å². The summed E-state index contributed by atoms with van der Waals surface area (Å²) in [6.45, 7) is 3.75. The maximum atomic E-state index is 14.6. The van der Waals surface area contributed by atoms with Crippen molar-refractivity contribution in [2.24, 2.45) is 0 Å². The van der Waals surface area contributed by atoms with E-state index in [1.54, 1.807) is 50.2 Å². The number of hydrogen-bond donors (Lipinski definition) is 1. The Morgan fingerprint density at radius 3 is 2.68 bits per heavy atom. The van der Waals surface area contributed by atoms with Gasteiger partial charge in [0.25, 0.3) is 5.56 Å². The molecule has 10 heteroatoms. The molecule has 2 aromatic heterocycles. The predicted molar refractivity (Wildman–Crippen MR) is 132 cm³/mol. The second-order valence-electron chi connectivity index (χ2n) is 7.18. The lowest BCUT2D eigenvalue weighted by Crippen LogP contribution is -2.23. The Bertz CT molecular complexity index is 1450. The van der Waals surface area contributed by atoms with Gasteiger partial charge in [0.2, 0.25) is 5.91 Å². The fraction of sp³-hybridized carbons (Fsp3) is 0.167. The highest BCUT2D eigenvalue weighted by molar-refractivity contribution is 7.99. The van der Waals surface area contributed by atoms with E-state index in [1.807, 2.05) is 0 Å². The zero-order chi connectivity index (χ0) is 24.2. The molecule has 0 aliphatic rings. The number of aromatic nitrogens is 2. The van der Waals surface area contributed by atoms with Gasteiger partial charge in [-0.05, 0) is 49.7 Å². The van der Waals surface area contributed by atoms with Crippen LogP contribution in [0.25, 0.3) is 16.6 Å². The van der Waals surface area contributed by atoms with Crippen LogP contribution in [0.4, 0.5) is 9.39 Å². The molecule has 0 fully saturated rings. The summed E-state index contributed by atoms with van der Waals surface area (Å²) >= 11 is 2.15. The second-order valence-corrected chi connectivity index (χ2v) is 9.18. The number of amides is 1. The highest BCUT2D eigenvalue weighted by Crippen LogP contribution is 2.28. The van der Waals surface area contributed by atoms with E-state index in [1.165, 1.54) is 22.8 Å². The van der Waals surface area contributed by atoms with Gasteiger partial charge in [0.15, 0.2) is 5.16 Å². The van der Waals surface area contributed by atoms with Crippen LogP contribution in [0.1, 0.15) is 22.2 Å². The number of ether oxygens (including phenoxy) is 1. The average Bonchev–Trinajstić information content (AvgIpc) is 3.18. The third kappa shape index (κ3) is 4.87. The number of halogens is 1. The zero-order valence-electron chi connectivity index (χ0n) is 18.3. The van der Waals surface area contributed by atoms with Crippen LogP contribution in [0, 0.1) is 12.7 Å². The van der Waals surface area contributed by atoms with Crippen LogP contribution in [-0.2, 0) is 9.53 Å². The maximum Gasteiger partial charge on any atom is 0.348 e. The third-order valence-electron chi connectivity index (χ3n) is 4.81. The maximum absolute atomic E-state index is 14.6. The lowest BCUT2D eigenvalue weighted by Gasteiger charge is -2.13. The molecule has 0 aliphatic carbocycles. The fourth-order valence-electron chi connectivity index (χ4n) is 3.30. The van der Waals surface area contributed by atoms with Crippen molar-refractivity contribution in [1.29, 1.82) is 0 Å². The van der Waals surface area contributed by atoms with E-state index in [9.17, 15) is 18.8 Å². The van der Waals surface area contributed by atoms with Crippen molar-refractivity contribution in [1.82, 2.24) is 9.55 Å². The van der Waals surface area contributed by atoms with E-state index in [0.717, 1.165) is 23.1 Å². The molecule has 2 heterocycles. The van der Waals surface area contributed by atoms with Crippen molar-refractivity contribution in [3.05, 3.63) is 81.2 Å². The number of aryl methyl sites for hydroxylation is 1. The summed E-state index contributed by atoms with van der Waals surface area (Å²) in [5.74, 6) is -1.45. The number of benzene rings is 2. The van der Waals surface area contributed by atoms with Crippen molar-refractivity contribution in [3.63, 3.8) is 0 Å². The minimum atomic E-state index is -0.575. The first kappa shape index (κ1) is 23.7. The molecule has 0 saturated heterocycles. The Hall–Kier alpha value is -3.50. The van der Waals surface area contributed by atoms with E-state index in [0.29, 0.717) is 26.3 Å². The molecular weight excluding hydrogens is 477 g/mol. The standard InChI is InChI=1S/C24H20FN3O4S2/c1-3-32-23(31)21-14(2)12-20(34-21)27-19(29)13-33-24-26-17-10-6-4-8-15(17)22(30)28(24)18-11-7-5-9-16(18)25/h4-12H,3,13H2,1-2H3,(H,27,29). The van der Waals surface area contributed by atoms with Crippen LogP contribution in [0.15, 0.2) is 64.5 Å². The molecule has 0 aliphatic heterocycles. The van der Waals surface area contributed by atoms with Crippen LogP contribution >= 0.6 is 23.1 Å². The predicted octanol–water partition coefficient (Wildman–Crippen LogP) is 4.80. The quantitative estimate of drug-likeness (QED) is 0.224. The Morgan fingerprint density at radius 1 is 1.18 bits per heavy atom. The minimum Gasteiger partial charge on any atom is -0.462 e. The SMILES string of the molecule is CCOC(=O)c1sc(NC(=O)CSc2nc3ccccc3c(=O)n2-c2ccccc2F)cc1C. The van der Waals surface area contributed by atoms with Crippen molar-refractivity contribution in [3.8, 4) is 5.69 Å². The van der Waals surface area contributed by atoms with Gasteiger partial charge in [-0.1, -0.05) is 36.0 Å². The lowest BCUT2D eigenvalue weighted by molar-refractivity contribution is -0.113. The molecule has 0 atom stereocenters. The van der Waals surface area contributed by atoms with Crippen LogP contribution < -0.4 is 10.9 Å². The monoisotopic (exact) mass is 497 g/mol. The first-order valence-corrected chi connectivity index (χ1v) is 12.2. The number of nitrogens with one attached hydrogen (secondary N) is 1. The summed E-state index contributed by atoms with van der Waals surface area (Å²) in [6.07, 6.45) is 0. The number of nitrogens with zero attached hydrogens (tertiary/aromatic N) is 2. The van der Waals surface area contributed by atoms with Crippen molar-refractivity contribution < 1.29 is 18.7 Å². The number of carbonyl (C=O) groups is 2. The number of para-hydroxylation sites is 2. The van der Waals surface area contributed by atoms with Gasteiger partial charge in [-0.3, -0.25) is 14.2 Å². The largest absolute Gasteiger partial charge is 0.462 e. The number of esters is 1. The number of anilines is 1. The van der Waals surface area contributed by atoms with Gasteiger partial charge in [0.05, 0.1) is 34.0 Å². The minimum absolute atomic E-state index is 0.0571. The molecule has 4 rings (SSSR count). The number of fused-ring (bicyclic) bond motifs is 1. The second kappa shape index (κ2) is 10.2. The molecule has 0 spiro atoms. The molecule has 0 unspecified atom stereocenters. The highest BCUT2D eigenvalue weighted by Gasteiger charge is 2.19. The summed E-state index contributed by atoms with van der Waals surface area (Å²) in [5.41, 5.74) is 0.792. The molecule has 2 aromatic carbocycles. The van der Waals surface area contributed by atoms with Crippen LogP contribution in [-0.4, -0.2) is 33.8 Å². The summed E-state index contributed by atoms with van der Waals surface area (Å²) < 4.78 is 20.8. The van der Waals surface area contributed by atoms with Crippen molar-refractivity contribution in [2.45, 2.75) is 19.0 Å². The number of carbonyl (C=O) groups excluding carboxylic acids is 2. The van der Waals surface area contributed by atoms with E-state index in [2.05, 4.69) is 10.3 Å². The van der Waals surface area contributed by atoms with E-state index in [-0.39, 0.29) is 29.1 Å². The van der Waals surface area contributed by atoms with Crippen LogP contribution in [0.2, 0.25) is 0 Å². The Labute approximate surface area is 202 Å². The molecule has 7 nitrogen and oxygen atoms in total. The van der Waals surface area contributed by atoms with Crippen LogP contribution in [0.5, 0.6) is 0 Å². The molecule has 0 radical (unpaired) electrons. The lowest BCUT2D eigenvalue weighted by atomic mass is 10.2. The van der Waals surface area contributed by atoms with E-state index < -0.39 is 17.3 Å². The van der Waals surface area contributed by atoms with Gasteiger partial charge >= 0.3 is 5.97 Å². The fourth-order valence-corrected chi connectivity index (χ4v) is 5.09. The number of thiophene rings is 1. The van der Waals surface area contributed by atoms with Gasteiger partial charge in [-0.25, -0.2) is 14.2 Å².